The molecule has 0 saturated carbocycles. The fourth-order valence-electron chi connectivity index (χ4n) is 2.68. The fraction of sp³-hybridized carbons (Fsp3) is 0.333. The molecule has 1 atom stereocenters. The molecule has 0 bridgehead atoms. The number of halogens is 1. The summed E-state index contributed by atoms with van der Waals surface area (Å²) in [4.78, 5) is 4.71. The van der Waals surface area contributed by atoms with Crippen molar-refractivity contribution in [3.8, 4) is 11.1 Å². The van der Waals surface area contributed by atoms with Crippen LogP contribution in [0.4, 0.5) is 5.82 Å². The third-order valence-electron chi connectivity index (χ3n) is 4.04. The van der Waals surface area contributed by atoms with Crippen LogP contribution >= 0.6 is 11.6 Å². The molecule has 0 unspecified atom stereocenters. The minimum absolute atomic E-state index is 0.369. The molecule has 3 aromatic rings. The predicted molar refractivity (Wildman–Crippen MR) is 96.3 cm³/mol. The van der Waals surface area contributed by atoms with E-state index >= 15 is 0 Å². The summed E-state index contributed by atoms with van der Waals surface area (Å²) in [6, 6.07) is 10.2. The van der Waals surface area contributed by atoms with Crippen LogP contribution in [0.15, 0.2) is 30.3 Å². The van der Waals surface area contributed by atoms with Crippen LogP contribution in [0.2, 0.25) is 5.02 Å². The second kappa shape index (κ2) is 6.20. The van der Waals surface area contributed by atoms with Gasteiger partial charge in [-0.2, -0.15) is 9.61 Å². The Labute approximate surface area is 141 Å². The molecular weight excluding hydrogens is 308 g/mol. The van der Waals surface area contributed by atoms with Crippen LogP contribution in [0, 0.1) is 13.8 Å². The van der Waals surface area contributed by atoms with Gasteiger partial charge in [0.05, 0.1) is 11.3 Å². The number of hydrogen-bond acceptors (Lipinski definition) is 3. The number of aromatic nitrogens is 3. The van der Waals surface area contributed by atoms with Crippen molar-refractivity contribution in [3.63, 3.8) is 0 Å². The van der Waals surface area contributed by atoms with Crippen molar-refractivity contribution in [3.05, 3.63) is 46.7 Å². The maximum absolute atomic E-state index is 6.39. The maximum Gasteiger partial charge on any atom is 0.165 e. The molecule has 0 saturated heterocycles. The molecule has 0 aliphatic carbocycles. The molecule has 23 heavy (non-hydrogen) atoms. The first-order valence-electron chi connectivity index (χ1n) is 7.89. The summed E-state index contributed by atoms with van der Waals surface area (Å²) >= 11 is 6.39. The minimum Gasteiger partial charge on any atom is -0.367 e. The monoisotopic (exact) mass is 328 g/mol. The van der Waals surface area contributed by atoms with E-state index in [1.165, 1.54) is 0 Å². The van der Waals surface area contributed by atoms with Crippen molar-refractivity contribution in [1.82, 2.24) is 14.6 Å². The van der Waals surface area contributed by atoms with Gasteiger partial charge in [-0.25, -0.2) is 4.98 Å². The zero-order chi connectivity index (χ0) is 16.6. The van der Waals surface area contributed by atoms with Crippen LogP contribution in [-0.2, 0) is 0 Å². The van der Waals surface area contributed by atoms with E-state index < -0.39 is 0 Å². The quantitative estimate of drug-likeness (QED) is 0.742. The van der Waals surface area contributed by atoms with Crippen molar-refractivity contribution in [2.75, 3.05) is 5.32 Å². The lowest BCUT2D eigenvalue weighted by atomic mass is 10.1. The van der Waals surface area contributed by atoms with Gasteiger partial charge in [0.1, 0.15) is 5.82 Å². The number of anilines is 1. The molecule has 4 nitrogen and oxygen atoms in total. The highest BCUT2D eigenvalue weighted by atomic mass is 35.5. The van der Waals surface area contributed by atoms with E-state index in [-0.39, 0.29) is 0 Å². The first-order valence-corrected chi connectivity index (χ1v) is 8.27. The molecule has 0 radical (unpaired) electrons. The van der Waals surface area contributed by atoms with Crippen LogP contribution < -0.4 is 5.32 Å². The molecular formula is C18H21ClN4. The molecule has 3 rings (SSSR count). The number of aryl methyl sites for hydroxylation is 2. The van der Waals surface area contributed by atoms with Crippen LogP contribution in [0.1, 0.15) is 31.7 Å². The van der Waals surface area contributed by atoms with Gasteiger partial charge in [-0.05, 0) is 33.3 Å². The van der Waals surface area contributed by atoms with E-state index in [4.69, 9.17) is 21.7 Å². The van der Waals surface area contributed by atoms with Crippen molar-refractivity contribution in [2.45, 2.75) is 40.2 Å². The summed E-state index contributed by atoms with van der Waals surface area (Å²) in [5.74, 6) is 0.961. The average Bonchev–Trinajstić information content (AvgIpc) is 2.84. The second-order valence-corrected chi connectivity index (χ2v) is 6.32. The molecule has 0 fully saturated rings. The lowest BCUT2D eigenvalue weighted by molar-refractivity contribution is 0.747. The fourth-order valence-corrected chi connectivity index (χ4v) is 2.91. The average molecular weight is 329 g/mol. The number of fused-ring (bicyclic) bond motifs is 1. The van der Waals surface area contributed by atoms with E-state index in [0.29, 0.717) is 11.1 Å². The molecule has 120 valence electrons. The minimum atomic E-state index is 0.369. The molecule has 5 heteroatoms. The Bertz CT molecular complexity index is 854. The summed E-state index contributed by atoms with van der Waals surface area (Å²) in [5, 5.41) is 8.91. The van der Waals surface area contributed by atoms with Gasteiger partial charge < -0.3 is 5.32 Å². The molecule has 2 heterocycles. The Balaban J connectivity index is 2.25. The van der Waals surface area contributed by atoms with Crippen molar-refractivity contribution in [1.29, 1.82) is 0 Å². The summed E-state index contributed by atoms with van der Waals surface area (Å²) < 4.78 is 1.88. The van der Waals surface area contributed by atoms with E-state index in [2.05, 4.69) is 19.2 Å². The molecule has 0 spiro atoms. The SMILES string of the molecule is CC[C@H](C)Nc1cc(C)nc2c(-c3ccccc3Cl)c(C)nn12. The van der Waals surface area contributed by atoms with E-state index in [0.717, 1.165) is 40.4 Å². The van der Waals surface area contributed by atoms with Crippen molar-refractivity contribution in [2.24, 2.45) is 0 Å². The van der Waals surface area contributed by atoms with Gasteiger partial charge in [-0.1, -0.05) is 36.7 Å². The first-order chi connectivity index (χ1) is 11.0. The number of hydrogen-bond donors (Lipinski definition) is 1. The van der Waals surface area contributed by atoms with Crippen molar-refractivity contribution < 1.29 is 0 Å². The van der Waals surface area contributed by atoms with Gasteiger partial charge in [-0.15, -0.1) is 0 Å². The normalized spacial score (nSPS) is 12.6. The molecule has 0 aliphatic rings. The Kier molecular flexibility index (Phi) is 4.26. The molecule has 2 aromatic heterocycles. The maximum atomic E-state index is 6.39. The van der Waals surface area contributed by atoms with Gasteiger partial charge in [0.15, 0.2) is 5.65 Å². The van der Waals surface area contributed by atoms with Crippen LogP contribution in [0.3, 0.4) is 0 Å². The summed E-state index contributed by atoms with van der Waals surface area (Å²) in [5.41, 5.74) is 4.67. The lowest BCUT2D eigenvalue weighted by Crippen LogP contribution is -2.16. The highest BCUT2D eigenvalue weighted by Crippen LogP contribution is 2.33. The molecule has 1 N–H and O–H groups in total. The molecule has 0 aliphatic heterocycles. The topological polar surface area (TPSA) is 42.2 Å². The van der Waals surface area contributed by atoms with E-state index in [1.54, 1.807) is 0 Å². The Morgan fingerprint density at radius 3 is 2.70 bits per heavy atom. The number of benzene rings is 1. The zero-order valence-electron chi connectivity index (χ0n) is 13.9. The Hall–Kier alpha value is -2.07. The summed E-state index contributed by atoms with van der Waals surface area (Å²) in [7, 11) is 0. The van der Waals surface area contributed by atoms with Crippen LogP contribution in [-0.4, -0.2) is 20.6 Å². The summed E-state index contributed by atoms with van der Waals surface area (Å²) in [6.07, 6.45) is 1.04. The highest BCUT2D eigenvalue weighted by molar-refractivity contribution is 6.33. The zero-order valence-corrected chi connectivity index (χ0v) is 14.6. The predicted octanol–water partition coefficient (Wildman–Crippen LogP) is 4.88. The van der Waals surface area contributed by atoms with E-state index in [1.807, 2.05) is 48.7 Å². The van der Waals surface area contributed by atoms with Gasteiger partial charge in [0.2, 0.25) is 0 Å². The number of nitrogens with one attached hydrogen (secondary N) is 1. The smallest absolute Gasteiger partial charge is 0.165 e. The molecule has 1 aromatic carbocycles. The highest BCUT2D eigenvalue weighted by Gasteiger charge is 2.18. The van der Waals surface area contributed by atoms with Gasteiger partial charge >= 0.3 is 0 Å². The number of rotatable bonds is 4. The molecule has 0 amide bonds. The van der Waals surface area contributed by atoms with Gasteiger partial charge in [-0.3, -0.25) is 0 Å². The van der Waals surface area contributed by atoms with E-state index in [9.17, 15) is 0 Å². The third kappa shape index (κ3) is 2.91. The van der Waals surface area contributed by atoms with Crippen molar-refractivity contribution >= 4 is 23.1 Å². The van der Waals surface area contributed by atoms with Gasteiger partial charge in [0, 0.05) is 28.4 Å². The van der Waals surface area contributed by atoms with Gasteiger partial charge in [0.25, 0.3) is 0 Å². The second-order valence-electron chi connectivity index (χ2n) is 5.91. The lowest BCUT2D eigenvalue weighted by Gasteiger charge is -2.14. The first kappa shape index (κ1) is 15.8. The van der Waals surface area contributed by atoms with Crippen LogP contribution in [0.25, 0.3) is 16.8 Å². The summed E-state index contributed by atoms with van der Waals surface area (Å²) in [6.45, 7) is 8.32. The standard InChI is InChI=1S/C18H21ClN4/c1-5-11(2)20-16-10-12(3)21-18-17(13(4)22-23(16)18)14-8-6-7-9-15(14)19/h6-11,20H,5H2,1-4H3/t11-/m0/s1. The largest absolute Gasteiger partial charge is 0.367 e. The Morgan fingerprint density at radius 2 is 2.00 bits per heavy atom. The van der Waals surface area contributed by atoms with Crippen LogP contribution in [0.5, 0.6) is 0 Å². The number of nitrogens with zero attached hydrogens (tertiary/aromatic N) is 3. The Morgan fingerprint density at radius 1 is 1.26 bits per heavy atom. The third-order valence-corrected chi connectivity index (χ3v) is 4.37.